The Labute approximate surface area is 155 Å². The predicted octanol–water partition coefficient (Wildman–Crippen LogP) is 3.80. The summed E-state index contributed by atoms with van der Waals surface area (Å²) in [6.45, 7) is 2.02. The summed E-state index contributed by atoms with van der Waals surface area (Å²) in [5.74, 6) is -0.752. The van der Waals surface area contributed by atoms with Crippen LogP contribution >= 0.6 is 0 Å². The van der Waals surface area contributed by atoms with Gasteiger partial charge in [0.2, 0.25) is 0 Å². The number of ketones is 1. The Kier molecular flexibility index (Phi) is 4.16. The molecule has 0 spiro atoms. The third-order valence-corrected chi connectivity index (χ3v) is 4.58. The van der Waals surface area contributed by atoms with Crippen molar-refractivity contribution in [2.75, 3.05) is 0 Å². The molecule has 0 aliphatic carbocycles. The van der Waals surface area contributed by atoms with E-state index in [-0.39, 0.29) is 17.9 Å². The Morgan fingerprint density at radius 3 is 2.37 bits per heavy atom. The molecule has 136 valence electrons. The van der Waals surface area contributed by atoms with E-state index in [1.54, 1.807) is 36.4 Å². The van der Waals surface area contributed by atoms with E-state index in [9.17, 15) is 14.7 Å². The Morgan fingerprint density at radius 2 is 1.74 bits per heavy atom. The molecule has 1 unspecified atom stereocenters. The molecule has 1 aliphatic rings. The number of hydrogen-bond acceptors (Lipinski definition) is 5. The highest BCUT2D eigenvalue weighted by atomic mass is 16.3. The van der Waals surface area contributed by atoms with Crippen molar-refractivity contribution in [2.45, 2.75) is 19.5 Å². The van der Waals surface area contributed by atoms with Gasteiger partial charge in [0.15, 0.2) is 0 Å². The van der Waals surface area contributed by atoms with Gasteiger partial charge >= 0.3 is 0 Å². The number of likely N-dealkylation sites (tertiary alicyclic amines) is 1. The lowest BCUT2D eigenvalue weighted by atomic mass is 9.99. The van der Waals surface area contributed by atoms with E-state index < -0.39 is 17.7 Å². The molecule has 1 saturated heterocycles. The van der Waals surface area contributed by atoms with E-state index in [1.807, 2.05) is 19.1 Å². The second kappa shape index (κ2) is 6.64. The molecule has 1 N–H and O–H groups in total. The van der Waals surface area contributed by atoms with E-state index in [1.165, 1.54) is 17.4 Å². The van der Waals surface area contributed by atoms with Crippen LogP contribution in [0.25, 0.3) is 5.76 Å². The molecule has 0 bridgehead atoms. The molecular formula is C21H17NO5. The maximum atomic E-state index is 12.8. The van der Waals surface area contributed by atoms with Gasteiger partial charge < -0.3 is 18.8 Å². The van der Waals surface area contributed by atoms with Gasteiger partial charge in [0.25, 0.3) is 11.7 Å². The average Bonchev–Trinajstić information content (AvgIpc) is 3.40. The second-order valence-corrected chi connectivity index (χ2v) is 6.39. The predicted molar refractivity (Wildman–Crippen MR) is 96.4 cm³/mol. The lowest BCUT2D eigenvalue weighted by molar-refractivity contribution is -0.140. The molecule has 1 amide bonds. The van der Waals surface area contributed by atoms with Gasteiger partial charge in [-0.05, 0) is 31.2 Å². The van der Waals surface area contributed by atoms with E-state index in [0.29, 0.717) is 17.1 Å². The number of benzene rings is 1. The number of amides is 1. The largest absolute Gasteiger partial charge is 0.507 e. The molecule has 4 rings (SSSR count). The Bertz CT molecular complexity index is 998. The van der Waals surface area contributed by atoms with Gasteiger partial charge in [0, 0.05) is 5.56 Å². The van der Waals surface area contributed by atoms with Crippen LogP contribution in [0.1, 0.15) is 28.7 Å². The average molecular weight is 363 g/mol. The van der Waals surface area contributed by atoms with Crippen LogP contribution in [0.4, 0.5) is 0 Å². The molecule has 6 nitrogen and oxygen atoms in total. The van der Waals surface area contributed by atoms with Crippen molar-refractivity contribution in [2.24, 2.45) is 0 Å². The van der Waals surface area contributed by atoms with Gasteiger partial charge in [-0.1, -0.05) is 29.8 Å². The molecule has 0 radical (unpaired) electrons. The monoisotopic (exact) mass is 363 g/mol. The Hall–Kier alpha value is -3.54. The molecule has 1 fully saturated rings. The molecule has 6 heteroatoms. The van der Waals surface area contributed by atoms with Crippen molar-refractivity contribution in [3.05, 3.63) is 89.3 Å². The zero-order valence-electron chi connectivity index (χ0n) is 14.6. The zero-order chi connectivity index (χ0) is 19.0. The summed E-state index contributed by atoms with van der Waals surface area (Å²) in [5.41, 5.74) is 1.49. The summed E-state index contributed by atoms with van der Waals surface area (Å²) in [7, 11) is 0. The summed E-state index contributed by atoms with van der Waals surface area (Å²) in [6.07, 6.45) is 2.97. The molecule has 27 heavy (non-hydrogen) atoms. The highest BCUT2D eigenvalue weighted by Gasteiger charge is 2.47. The fourth-order valence-electron chi connectivity index (χ4n) is 3.22. The third kappa shape index (κ3) is 2.95. The van der Waals surface area contributed by atoms with Crippen LogP contribution < -0.4 is 0 Å². The van der Waals surface area contributed by atoms with Crippen molar-refractivity contribution in [3.63, 3.8) is 0 Å². The van der Waals surface area contributed by atoms with E-state index in [2.05, 4.69) is 0 Å². The molecule has 1 aromatic carbocycles. The Morgan fingerprint density at radius 1 is 1.04 bits per heavy atom. The van der Waals surface area contributed by atoms with Gasteiger partial charge in [-0.3, -0.25) is 9.59 Å². The topological polar surface area (TPSA) is 83.9 Å². The fraction of sp³-hybridized carbons (Fsp3) is 0.143. The molecule has 0 saturated carbocycles. The van der Waals surface area contributed by atoms with Gasteiger partial charge in [-0.25, -0.2) is 0 Å². The maximum Gasteiger partial charge on any atom is 0.296 e. The highest BCUT2D eigenvalue weighted by molar-refractivity contribution is 6.46. The number of aryl methyl sites for hydroxylation is 1. The number of nitrogens with zero attached hydrogens (tertiary/aromatic N) is 1. The van der Waals surface area contributed by atoms with Crippen LogP contribution in [0, 0.1) is 6.92 Å². The van der Waals surface area contributed by atoms with Gasteiger partial charge in [-0.15, -0.1) is 0 Å². The van der Waals surface area contributed by atoms with E-state index in [4.69, 9.17) is 8.83 Å². The number of Topliss-reactive ketones (excluding diaryl/α,β-unsaturated/α-hetero) is 1. The molecule has 3 aromatic rings. The van der Waals surface area contributed by atoms with Crippen LogP contribution in [0.5, 0.6) is 0 Å². The number of rotatable bonds is 4. The molecule has 3 heterocycles. The van der Waals surface area contributed by atoms with Crippen molar-refractivity contribution < 1.29 is 23.5 Å². The fourth-order valence-corrected chi connectivity index (χ4v) is 3.22. The molecule has 1 aliphatic heterocycles. The highest BCUT2D eigenvalue weighted by Crippen LogP contribution is 2.40. The van der Waals surface area contributed by atoms with Crippen molar-refractivity contribution in [1.82, 2.24) is 4.90 Å². The molecule has 1 atom stereocenters. The van der Waals surface area contributed by atoms with Crippen molar-refractivity contribution in [1.29, 1.82) is 0 Å². The summed E-state index contributed by atoms with van der Waals surface area (Å²) in [4.78, 5) is 26.8. The van der Waals surface area contributed by atoms with Crippen LogP contribution in [-0.4, -0.2) is 21.7 Å². The minimum absolute atomic E-state index is 0.00496. The first-order chi connectivity index (χ1) is 13.1. The zero-order valence-corrected chi connectivity index (χ0v) is 14.6. The van der Waals surface area contributed by atoms with Crippen LogP contribution in [0.2, 0.25) is 0 Å². The summed E-state index contributed by atoms with van der Waals surface area (Å²) >= 11 is 0. The minimum atomic E-state index is -0.827. The Balaban J connectivity index is 1.83. The maximum absolute atomic E-state index is 12.8. The summed E-state index contributed by atoms with van der Waals surface area (Å²) < 4.78 is 10.8. The minimum Gasteiger partial charge on any atom is -0.507 e. The van der Waals surface area contributed by atoms with Crippen molar-refractivity contribution >= 4 is 17.4 Å². The van der Waals surface area contributed by atoms with Gasteiger partial charge in [-0.2, -0.15) is 0 Å². The molecule has 2 aromatic heterocycles. The van der Waals surface area contributed by atoms with E-state index in [0.717, 1.165) is 5.56 Å². The first-order valence-electron chi connectivity index (χ1n) is 8.47. The number of carbonyl (C=O) groups excluding carboxylic acids is 2. The summed E-state index contributed by atoms with van der Waals surface area (Å²) in [6, 6.07) is 13.0. The van der Waals surface area contributed by atoms with Crippen LogP contribution in [0.3, 0.4) is 0 Å². The van der Waals surface area contributed by atoms with Gasteiger partial charge in [0.1, 0.15) is 23.3 Å². The quantitative estimate of drug-likeness (QED) is 0.433. The standard InChI is InChI=1S/C21H17NO5/c1-13-6-8-14(9-7-13)19(23)17-18(16-5-3-11-27-16)22(21(25)20(17)24)12-15-4-2-10-26-15/h2-11,18,23H,12H2,1H3/b19-17+. The molecular weight excluding hydrogens is 346 g/mol. The lowest BCUT2D eigenvalue weighted by Crippen LogP contribution is -2.28. The van der Waals surface area contributed by atoms with Crippen LogP contribution in [0.15, 0.2) is 75.5 Å². The smallest absolute Gasteiger partial charge is 0.296 e. The SMILES string of the molecule is Cc1ccc(/C(O)=C2\C(=O)C(=O)N(Cc3ccco3)C2c2ccco2)cc1. The number of hydrogen-bond donors (Lipinski definition) is 1. The third-order valence-electron chi connectivity index (χ3n) is 4.58. The lowest BCUT2D eigenvalue weighted by Gasteiger charge is -2.22. The number of carbonyl (C=O) groups is 2. The van der Waals surface area contributed by atoms with Gasteiger partial charge in [0.05, 0.1) is 24.6 Å². The van der Waals surface area contributed by atoms with Crippen molar-refractivity contribution in [3.8, 4) is 0 Å². The second-order valence-electron chi connectivity index (χ2n) is 6.39. The first kappa shape index (κ1) is 16.9. The number of aliphatic hydroxyl groups excluding tert-OH is 1. The number of furan rings is 2. The summed E-state index contributed by atoms with van der Waals surface area (Å²) in [5, 5.41) is 10.8. The van der Waals surface area contributed by atoms with Crippen LogP contribution in [-0.2, 0) is 16.1 Å². The van der Waals surface area contributed by atoms with E-state index >= 15 is 0 Å². The normalized spacial score (nSPS) is 19.0. The number of aliphatic hydroxyl groups is 1. The first-order valence-corrected chi connectivity index (χ1v) is 8.47.